The molecule has 1 amide bonds. The lowest BCUT2D eigenvalue weighted by Crippen LogP contribution is -2.46. The summed E-state index contributed by atoms with van der Waals surface area (Å²) in [6.45, 7) is 6.51. The highest BCUT2D eigenvalue weighted by Gasteiger charge is 2.24. The molecule has 0 spiro atoms. The molecule has 62 heavy (non-hydrogen) atoms. The molecule has 0 aliphatic rings. The van der Waals surface area contributed by atoms with E-state index in [1.165, 1.54) is 212 Å². The number of allylic oxidation sites excluding steroid dienone is 2. The smallest absolute Gasteiger partial charge is 0.306 e. The average Bonchev–Trinajstić information content (AvgIpc) is 3.26. The molecule has 6 heteroatoms. The second-order valence-corrected chi connectivity index (χ2v) is 19.3. The van der Waals surface area contributed by atoms with Crippen LogP contribution in [0.2, 0.25) is 0 Å². The highest BCUT2D eigenvalue weighted by Crippen LogP contribution is 2.19. The van der Waals surface area contributed by atoms with Crippen molar-refractivity contribution in [1.82, 2.24) is 5.32 Å². The maximum atomic E-state index is 13.2. The molecule has 6 nitrogen and oxygen atoms in total. The standard InChI is InChI=1S/C56H109NO5/c1-4-7-10-13-16-19-22-25-27-28-31-34-37-40-43-46-49-56(61)62-52(47-44-41-38-35-32-29-24-21-18-15-12-9-6-3)50-55(60)57-53(51-58)54(59)48-45-42-39-36-33-30-26-23-20-17-14-11-8-5-2/h27-28,52-54,58-59H,4-26,29-51H2,1-3H3,(H,57,60)/b28-27+. The molecule has 0 heterocycles. The number of carbonyl (C=O) groups excluding carboxylic acids is 2. The molecule has 0 aromatic carbocycles. The highest BCUT2D eigenvalue weighted by molar-refractivity contribution is 5.77. The zero-order valence-corrected chi connectivity index (χ0v) is 42.0. The molecule has 0 aliphatic carbocycles. The van der Waals surface area contributed by atoms with Gasteiger partial charge in [-0.05, 0) is 51.4 Å². The predicted molar refractivity (Wildman–Crippen MR) is 269 cm³/mol. The van der Waals surface area contributed by atoms with Gasteiger partial charge in [-0.25, -0.2) is 0 Å². The van der Waals surface area contributed by atoms with Crippen molar-refractivity contribution in [2.24, 2.45) is 0 Å². The van der Waals surface area contributed by atoms with E-state index >= 15 is 0 Å². The van der Waals surface area contributed by atoms with E-state index in [0.717, 1.165) is 51.4 Å². The van der Waals surface area contributed by atoms with Gasteiger partial charge in [0.2, 0.25) is 5.91 Å². The van der Waals surface area contributed by atoms with E-state index in [2.05, 4.69) is 38.2 Å². The maximum absolute atomic E-state index is 13.2. The van der Waals surface area contributed by atoms with E-state index in [0.29, 0.717) is 19.3 Å². The van der Waals surface area contributed by atoms with Crippen LogP contribution in [0.15, 0.2) is 12.2 Å². The largest absolute Gasteiger partial charge is 0.462 e. The summed E-state index contributed by atoms with van der Waals surface area (Å²) in [4.78, 5) is 26.2. The van der Waals surface area contributed by atoms with Crippen molar-refractivity contribution >= 4 is 11.9 Å². The molecule has 3 atom stereocenters. The lowest BCUT2D eigenvalue weighted by atomic mass is 10.0. The van der Waals surface area contributed by atoms with Crippen LogP contribution in [0.4, 0.5) is 0 Å². The fourth-order valence-electron chi connectivity index (χ4n) is 8.84. The first-order chi connectivity index (χ1) is 30.5. The van der Waals surface area contributed by atoms with Gasteiger partial charge in [0, 0.05) is 6.42 Å². The maximum Gasteiger partial charge on any atom is 0.306 e. The topological polar surface area (TPSA) is 95.9 Å². The Balaban J connectivity index is 4.51. The summed E-state index contributed by atoms with van der Waals surface area (Å²) in [5.74, 6) is -0.463. The number of ether oxygens (including phenoxy) is 1. The zero-order valence-electron chi connectivity index (χ0n) is 42.0. The van der Waals surface area contributed by atoms with E-state index in [4.69, 9.17) is 4.74 Å². The lowest BCUT2D eigenvalue weighted by Gasteiger charge is -2.24. The minimum atomic E-state index is -0.783. The molecule has 0 rings (SSSR count). The molecule has 0 aromatic heterocycles. The van der Waals surface area contributed by atoms with Crippen LogP contribution in [0.1, 0.15) is 310 Å². The third kappa shape index (κ3) is 45.2. The summed E-state index contributed by atoms with van der Waals surface area (Å²) < 4.78 is 5.95. The average molecular weight is 876 g/mol. The Morgan fingerprint density at radius 3 is 1.15 bits per heavy atom. The molecule has 0 radical (unpaired) electrons. The summed E-state index contributed by atoms with van der Waals surface area (Å²) in [7, 11) is 0. The highest BCUT2D eigenvalue weighted by atomic mass is 16.5. The van der Waals surface area contributed by atoms with Crippen LogP contribution in [-0.4, -0.2) is 46.9 Å². The first kappa shape index (κ1) is 60.6. The molecule has 0 aliphatic heterocycles. The number of rotatable bonds is 51. The van der Waals surface area contributed by atoms with Crippen LogP contribution in [0.3, 0.4) is 0 Å². The Bertz CT molecular complexity index is 939. The number of nitrogens with one attached hydrogen (secondary N) is 1. The van der Waals surface area contributed by atoms with Crippen LogP contribution < -0.4 is 5.32 Å². The van der Waals surface area contributed by atoms with Gasteiger partial charge in [-0.1, -0.05) is 258 Å². The number of aliphatic hydroxyl groups is 2. The van der Waals surface area contributed by atoms with Crippen molar-refractivity contribution in [2.75, 3.05) is 6.61 Å². The minimum Gasteiger partial charge on any atom is -0.462 e. The van der Waals surface area contributed by atoms with E-state index in [-0.39, 0.29) is 24.9 Å². The van der Waals surface area contributed by atoms with Gasteiger partial charge in [0.25, 0.3) is 0 Å². The second-order valence-electron chi connectivity index (χ2n) is 19.3. The van der Waals surface area contributed by atoms with Crippen molar-refractivity contribution in [3.8, 4) is 0 Å². The van der Waals surface area contributed by atoms with E-state index < -0.39 is 18.2 Å². The summed E-state index contributed by atoms with van der Waals surface area (Å²) in [5, 5.41) is 23.8. The van der Waals surface area contributed by atoms with Crippen molar-refractivity contribution in [2.45, 2.75) is 328 Å². The van der Waals surface area contributed by atoms with Crippen molar-refractivity contribution < 1.29 is 24.5 Å². The van der Waals surface area contributed by atoms with Gasteiger partial charge in [-0.2, -0.15) is 0 Å². The summed E-state index contributed by atoms with van der Waals surface area (Å²) in [6.07, 6.45) is 57.0. The Morgan fingerprint density at radius 2 is 0.774 bits per heavy atom. The SMILES string of the molecule is CCCCCCCCC/C=C/CCCCCCCC(=O)OC(CCCCCCCCCCCCCCC)CC(=O)NC(CO)C(O)CCCCCCCCCCCCCCCC. The normalized spacial score (nSPS) is 13.2. The van der Waals surface area contributed by atoms with Gasteiger partial charge in [0.15, 0.2) is 0 Å². The van der Waals surface area contributed by atoms with Crippen LogP contribution in [0, 0.1) is 0 Å². The van der Waals surface area contributed by atoms with Crippen LogP contribution in [-0.2, 0) is 14.3 Å². The first-order valence-electron chi connectivity index (χ1n) is 27.9. The fraction of sp³-hybridized carbons (Fsp3) is 0.929. The molecule has 368 valence electrons. The van der Waals surface area contributed by atoms with E-state index in [1.807, 2.05) is 0 Å². The van der Waals surface area contributed by atoms with Crippen molar-refractivity contribution in [3.05, 3.63) is 12.2 Å². The Morgan fingerprint density at radius 1 is 0.452 bits per heavy atom. The van der Waals surface area contributed by atoms with Gasteiger partial charge in [-0.3, -0.25) is 9.59 Å². The molecule has 3 unspecified atom stereocenters. The van der Waals surface area contributed by atoms with Crippen LogP contribution >= 0.6 is 0 Å². The molecule has 0 fully saturated rings. The number of esters is 1. The Hall–Kier alpha value is -1.40. The number of carbonyl (C=O) groups is 2. The van der Waals surface area contributed by atoms with E-state index in [1.54, 1.807) is 0 Å². The lowest BCUT2D eigenvalue weighted by molar-refractivity contribution is -0.151. The summed E-state index contributed by atoms with van der Waals surface area (Å²) in [6, 6.07) is -0.697. The molecular formula is C56H109NO5. The number of amides is 1. The quantitative estimate of drug-likeness (QED) is 0.0321. The monoisotopic (exact) mass is 876 g/mol. The first-order valence-corrected chi connectivity index (χ1v) is 27.9. The van der Waals surface area contributed by atoms with Gasteiger partial charge < -0.3 is 20.3 Å². The molecule has 3 N–H and O–H groups in total. The van der Waals surface area contributed by atoms with Gasteiger partial charge >= 0.3 is 5.97 Å². The number of hydrogen-bond donors (Lipinski definition) is 3. The summed E-state index contributed by atoms with van der Waals surface area (Å²) >= 11 is 0. The third-order valence-corrected chi connectivity index (χ3v) is 13.1. The second kappa shape index (κ2) is 50.6. The minimum absolute atomic E-state index is 0.0819. The van der Waals surface area contributed by atoms with Gasteiger partial charge in [0.1, 0.15) is 6.10 Å². The van der Waals surface area contributed by atoms with E-state index in [9.17, 15) is 19.8 Å². The third-order valence-electron chi connectivity index (χ3n) is 13.1. The Labute approximate surface area is 387 Å². The van der Waals surface area contributed by atoms with Gasteiger partial charge in [0.05, 0.1) is 25.2 Å². The van der Waals surface area contributed by atoms with Crippen LogP contribution in [0.25, 0.3) is 0 Å². The van der Waals surface area contributed by atoms with Crippen molar-refractivity contribution in [3.63, 3.8) is 0 Å². The molecule has 0 saturated heterocycles. The Kier molecular flexibility index (Phi) is 49.5. The number of unbranched alkanes of at least 4 members (excludes halogenated alkanes) is 37. The molecule has 0 aromatic rings. The van der Waals surface area contributed by atoms with Crippen LogP contribution in [0.5, 0.6) is 0 Å². The number of aliphatic hydroxyl groups excluding tert-OH is 2. The number of hydrogen-bond acceptors (Lipinski definition) is 5. The van der Waals surface area contributed by atoms with Crippen molar-refractivity contribution in [1.29, 1.82) is 0 Å². The predicted octanol–water partition coefficient (Wildman–Crippen LogP) is 16.9. The zero-order chi connectivity index (χ0) is 45.2. The summed E-state index contributed by atoms with van der Waals surface area (Å²) in [5.41, 5.74) is 0. The molecule has 0 saturated carbocycles. The molecular weight excluding hydrogens is 767 g/mol. The van der Waals surface area contributed by atoms with Gasteiger partial charge in [-0.15, -0.1) is 0 Å². The molecule has 0 bridgehead atoms. The fourth-order valence-corrected chi connectivity index (χ4v) is 8.84.